The Balaban J connectivity index is 2.07. The summed E-state index contributed by atoms with van der Waals surface area (Å²) in [6, 6.07) is 2.32. The number of carbonyl (C=O) groups excluding carboxylic acids is 1. The highest BCUT2D eigenvalue weighted by Gasteiger charge is 2.21. The number of piperidine rings is 1. The SMILES string of the molecule is CN1CCC(NC(=O)c2cc([N+](=O)[O-])cc(Cl)n2)CC1. The molecule has 1 aliphatic heterocycles. The number of pyridine rings is 1. The molecule has 8 heteroatoms. The Hall–Kier alpha value is -1.73. The lowest BCUT2D eigenvalue weighted by Crippen LogP contribution is -2.43. The average molecular weight is 299 g/mol. The van der Waals surface area contributed by atoms with Gasteiger partial charge in [-0.3, -0.25) is 14.9 Å². The van der Waals surface area contributed by atoms with Crippen LogP contribution < -0.4 is 5.32 Å². The molecule has 0 spiro atoms. The molecule has 2 heterocycles. The van der Waals surface area contributed by atoms with Gasteiger partial charge in [0.05, 0.1) is 11.0 Å². The van der Waals surface area contributed by atoms with Crippen LogP contribution in [0.5, 0.6) is 0 Å². The molecule has 1 aliphatic rings. The van der Waals surface area contributed by atoms with Crippen LogP contribution >= 0.6 is 11.6 Å². The highest BCUT2D eigenvalue weighted by molar-refractivity contribution is 6.29. The van der Waals surface area contributed by atoms with Gasteiger partial charge < -0.3 is 10.2 Å². The van der Waals surface area contributed by atoms with Crippen LogP contribution in [0.3, 0.4) is 0 Å². The molecule has 1 fully saturated rings. The summed E-state index contributed by atoms with van der Waals surface area (Å²) in [7, 11) is 2.03. The molecule has 7 nitrogen and oxygen atoms in total. The van der Waals surface area contributed by atoms with Crippen molar-refractivity contribution in [2.24, 2.45) is 0 Å². The summed E-state index contributed by atoms with van der Waals surface area (Å²) >= 11 is 5.70. The Morgan fingerprint density at radius 2 is 2.15 bits per heavy atom. The molecule has 0 saturated carbocycles. The van der Waals surface area contributed by atoms with Gasteiger partial charge >= 0.3 is 0 Å². The van der Waals surface area contributed by atoms with Crippen molar-refractivity contribution >= 4 is 23.2 Å². The summed E-state index contributed by atoms with van der Waals surface area (Å²) in [5.41, 5.74) is -0.262. The minimum absolute atomic E-state index is 0.0249. The van der Waals surface area contributed by atoms with Gasteiger partial charge in [0, 0.05) is 12.1 Å². The molecule has 2 rings (SSSR count). The van der Waals surface area contributed by atoms with Gasteiger partial charge in [-0.1, -0.05) is 11.6 Å². The third-order valence-corrected chi connectivity index (χ3v) is 3.47. The van der Waals surface area contributed by atoms with Gasteiger partial charge in [0.25, 0.3) is 11.6 Å². The summed E-state index contributed by atoms with van der Waals surface area (Å²) in [5, 5.41) is 13.5. The average Bonchev–Trinajstić information content (AvgIpc) is 2.40. The number of rotatable bonds is 3. The van der Waals surface area contributed by atoms with Crippen molar-refractivity contribution in [3.05, 3.63) is 33.1 Å². The summed E-state index contributed by atoms with van der Waals surface area (Å²) in [4.78, 5) is 28.2. The zero-order valence-electron chi connectivity index (χ0n) is 11.0. The van der Waals surface area contributed by atoms with Crippen molar-refractivity contribution in [3.8, 4) is 0 Å². The van der Waals surface area contributed by atoms with Crippen molar-refractivity contribution in [2.75, 3.05) is 20.1 Å². The second kappa shape index (κ2) is 6.15. The number of hydrogen-bond acceptors (Lipinski definition) is 5. The van der Waals surface area contributed by atoms with Gasteiger partial charge in [-0.05, 0) is 33.0 Å². The molecule has 0 aliphatic carbocycles. The first-order valence-electron chi connectivity index (χ1n) is 6.27. The van der Waals surface area contributed by atoms with E-state index in [9.17, 15) is 14.9 Å². The lowest BCUT2D eigenvalue weighted by molar-refractivity contribution is -0.384. The Morgan fingerprint density at radius 1 is 1.50 bits per heavy atom. The standard InChI is InChI=1S/C12H15ClN4O3/c1-16-4-2-8(3-5-16)14-12(18)10-6-9(17(19)20)7-11(13)15-10/h6-8H,2-5H2,1H3,(H,14,18). The number of aromatic nitrogens is 1. The van der Waals surface area contributed by atoms with E-state index in [1.807, 2.05) is 7.05 Å². The van der Waals surface area contributed by atoms with E-state index in [1.54, 1.807) is 0 Å². The van der Waals surface area contributed by atoms with Gasteiger partial charge in [-0.2, -0.15) is 0 Å². The highest BCUT2D eigenvalue weighted by Crippen LogP contribution is 2.18. The molecule has 1 aromatic heterocycles. The van der Waals surface area contributed by atoms with E-state index in [0.717, 1.165) is 38.1 Å². The van der Waals surface area contributed by atoms with Crippen LogP contribution in [0.4, 0.5) is 5.69 Å². The Morgan fingerprint density at radius 3 is 2.75 bits per heavy atom. The monoisotopic (exact) mass is 298 g/mol. The molecule has 108 valence electrons. The van der Waals surface area contributed by atoms with Gasteiger partial charge in [-0.15, -0.1) is 0 Å². The topological polar surface area (TPSA) is 88.4 Å². The maximum atomic E-state index is 12.1. The van der Waals surface area contributed by atoms with Crippen molar-refractivity contribution in [1.82, 2.24) is 15.2 Å². The number of carbonyl (C=O) groups is 1. The number of nitro groups is 1. The Labute approximate surface area is 121 Å². The molecule has 0 unspecified atom stereocenters. The summed E-state index contributed by atoms with van der Waals surface area (Å²) in [5.74, 6) is -0.426. The van der Waals surface area contributed by atoms with Gasteiger partial charge in [0.2, 0.25) is 0 Å². The number of amides is 1. The number of halogens is 1. The second-order valence-corrected chi connectivity index (χ2v) is 5.23. The molecule has 20 heavy (non-hydrogen) atoms. The predicted octanol–water partition coefficient (Wildman–Crippen LogP) is 1.47. The lowest BCUT2D eigenvalue weighted by atomic mass is 10.1. The van der Waals surface area contributed by atoms with E-state index in [-0.39, 0.29) is 22.6 Å². The molecule has 1 amide bonds. The van der Waals surface area contributed by atoms with Crippen LogP contribution in [-0.4, -0.2) is 46.9 Å². The molecule has 1 aromatic rings. The number of hydrogen-bond donors (Lipinski definition) is 1. The second-order valence-electron chi connectivity index (χ2n) is 4.84. The number of nitrogens with one attached hydrogen (secondary N) is 1. The number of nitrogens with zero attached hydrogens (tertiary/aromatic N) is 3. The van der Waals surface area contributed by atoms with Crippen LogP contribution in [0.1, 0.15) is 23.3 Å². The fourth-order valence-corrected chi connectivity index (χ4v) is 2.32. The molecule has 0 radical (unpaired) electrons. The van der Waals surface area contributed by atoms with E-state index in [1.165, 1.54) is 0 Å². The molecular weight excluding hydrogens is 284 g/mol. The molecule has 1 saturated heterocycles. The van der Waals surface area contributed by atoms with Gasteiger partial charge in [0.1, 0.15) is 10.8 Å². The van der Waals surface area contributed by atoms with E-state index in [0.29, 0.717) is 0 Å². The lowest BCUT2D eigenvalue weighted by Gasteiger charge is -2.29. The van der Waals surface area contributed by atoms with Crippen LogP contribution in [0.25, 0.3) is 0 Å². The quantitative estimate of drug-likeness (QED) is 0.518. The zero-order valence-corrected chi connectivity index (χ0v) is 11.8. The first-order valence-corrected chi connectivity index (χ1v) is 6.65. The maximum absolute atomic E-state index is 12.1. The first kappa shape index (κ1) is 14.7. The normalized spacial score (nSPS) is 16.9. The van der Waals surface area contributed by atoms with E-state index in [4.69, 9.17) is 11.6 Å². The molecule has 0 atom stereocenters. The van der Waals surface area contributed by atoms with E-state index in [2.05, 4.69) is 15.2 Å². The van der Waals surface area contributed by atoms with E-state index < -0.39 is 10.8 Å². The minimum Gasteiger partial charge on any atom is -0.348 e. The third kappa shape index (κ3) is 3.64. The summed E-state index contributed by atoms with van der Waals surface area (Å²) < 4.78 is 0. The van der Waals surface area contributed by atoms with Crippen molar-refractivity contribution in [3.63, 3.8) is 0 Å². The van der Waals surface area contributed by atoms with Crippen LogP contribution in [0.15, 0.2) is 12.1 Å². The van der Waals surface area contributed by atoms with E-state index >= 15 is 0 Å². The van der Waals surface area contributed by atoms with Crippen molar-refractivity contribution in [1.29, 1.82) is 0 Å². The van der Waals surface area contributed by atoms with Gasteiger partial charge in [0.15, 0.2) is 0 Å². The van der Waals surface area contributed by atoms with Crippen LogP contribution in [-0.2, 0) is 0 Å². The molecular formula is C12H15ClN4O3. The highest BCUT2D eigenvalue weighted by atomic mass is 35.5. The Bertz CT molecular complexity index is 529. The molecule has 0 aromatic carbocycles. The van der Waals surface area contributed by atoms with Crippen LogP contribution in [0, 0.1) is 10.1 Å². The zero-order chi connectivity index (χ0) is 14.7. The fraction of sp³-hybridized carbons (Fsp3) is 0.500. The predicted molar refractivity (Wildman–Crippen MR) is 73.9 cm³/mol. The maximum Gasteiger partial charge on any atom is 0.274 e. The summed E-state index contributed by atoms with van der Waals surface area (Å²) in [6.45, 7) is 1.82. The van der Waals surface area contributed by atoms with Crippen molar-refractivity contribution in [2.45, 2.75) is 18.9 Å². The molecule has 1 N–H and O–H groups in total. The largest absolute Gasteiger partial charge is 0.348 e. The minimum atomic E-state index is -0.597. The fourth-order valence-electron chi connectivity index (χ4n) is 2.12. The smallest absolute Gasteiger partial charge is 0.274 e. The van der Waals surface area contributed by atoms with Gasteiger partial charge in [-0.25, -0.2) is 4.98 Å². The number of likely N-dealkylation sites (tertiary alicyclic amines) is 1. The summed E-state index contributed by atoms with van der Waals surface area (Å²) in [6.07, 6.45) is 1.70. The first-order chi connectivity index (χ1) is 9.45. The van der Waals surface area contributed by atoms with Crippen molar-refractivity contribution < 1.29 is 9.72 Å². The van der Waals surface area contributed by atoms with Crippen LogP contribution in [0.2, 0.25) is 5.15 Å². The molecule has 0 bridgehead atoms. The Kier molecular flexibility index (Phi) is 4.51. The third-order valence-electron chi connectivity index (χ3n) is 3.28.